The van der Waals surface area contributed by atoms with Crippen molar-refractivity contribution in [1.29, 1.82) is 0 Å². The van der Waals surface area contributed by atoms with Crippen molar-refractivity contribution in [2.75, 3.05) is 24.4 Å². The number of phenolic OH excluding ortho intramolecular Hbond substituents is 1. The molecule has 12 heteroatoms. The number of benzene rings is 3. The molecule has 214 valence electrons. The largest absolute Gasteiger partial charge is 0.508 e. The minimum Gasteiger partial charge on any atom is -0.508 e. The number of carbonyl (C=O) groups is 3. The first-order valence-electron chi connectivity index (χ1n) is 12.9. The molecule has 2 N–H and O–H groups in total. The number of thioether (sulfide) groups is 1. The normalized spacial score (nSPS) is 19.3. The quantitative estimate of drug-likeness (QED) is 0.239. The fraction of sp³-hybridized carbons (Fsp3) is 0.200. The van der Waals surface area contributed by atoms with Crippen LogP contribution in [-0.4, -0.2) is 46.9 Å². The number of rotatable bonds is 7. The average molecular weight is 604 g/mol. The van der Waals surface area contributed by atoms with E-state index in [0.717, 1.165) is 28.7 Å². The maximum absolute atomic E-state index is 14.0. The van der Waals surface area contributed by atoms with Gasteiger partial charge in [-0.2, -0.15) is 0 Å². The summed E-state index contributed by atoms with van der Waals surface area (Å²) in [7, 11) is 3.09. The molecular formula is C30H25N3O7S2. The Hall–Kier alpha value is -4.55. The van der Waals surface area contributed by atoms with Crippen molar-refractivity contribution >= 4 is 52.2 Å². The van der Waals surface area contributed by atoms with Gasteiger partial charge in [-0.15, -0.1) is 0 Å². The average Bonchev–Trinajstić information content (AvgIpc) is 3.44. The number of ether oxygens (including phenoxy) is 2. The number of nitrogens with one attached hydrogen (secondary N) is 1. The summed E-state index contributed by atoms with van der Waals surface area (Å²) in [6.45, 7) is -0.282. The molecule has 1 fully saturated rings. The number of aromatic nitrogens is 1. The number of nitrogens with zero attached hydrogens (tertiary/aromatic N) is 2. The molecule has 0 saturated carbocycles. The Morgan fingerprint density at radius 1 is 0.881 bits per heavy atom. The van der Waals surface area contributed by atoms with Crippen LogP contribution in [0.5, 0.6) is 17.2 Å². The van der Waals surface area contributed by atoms with E-state index < -0.39 is 23.0 Å². The molecule has 0 spiro atoms. The molecule has 3 heterocycles. The minimum absolute atomic E-state index is 0.0612. The molecule has 0 radical (unpaired) electrons. The highest BCUT2D eigenvalue weighted by Crippen LogP contribution is 2.54. The molecule has 3 aromatic carbocycles. The topological polar surface area (TPSA) is 127 Å². The number of methoxy groups -OCH3 is 2. The van der Waals surface area contributed by atoms with Crippen molar-refractivity contribution in [3.8, 4) is 17.2 Å². The van der Waals surface area contributed by atoms with Crippen molar-refractivity contribution < 1.29 is 29.0 Å². The Bertz CT molecular complexity index is 1730. The maximum atomic E-state index is 14.0. The van der Waals surface area contributed by atoms with Crippen molar-refractivity contribution in [1.82, 2.24) is 4.57 Å². The summed E-state index contributed by atoms with van der Waals surface area (Å²) in [5.41, 5.74) is 1.65. The summed E-state index contributed by atoms with van der Waals surface area (Å²) in [6, 6.07) is 19.9. The minimum atomic E-state index is -0.806. The van der Waals surface area contributed by atoms with Gasteiger partial charge < -0.3 is 19.9 Å². The van der Waals surface area contributed by atoms with Gasteiger partial charge >= 0.3 is 4.87 Å². The first-order valence-corrected chi connectivity index (χ1v) is 14.6. The van der Waals surface area contributed by atoms with E-state index in [-0.39, 0.29) is 29.0 Å². The molecule has 3 amide bonds. The Balaban J connectivity index is 1.40. The third-order valence-corrected chi connectivity index (χ3v) is 9.91. The first-order chi connectivity index (χ1) is 20.3. The summed E-state index contributed by atoms with van der Waals surface area (Å²) in [5, 5.41) is 11.9. The van der Waals surface area contributed by atoms with Crippen LogP contribution in [0.1, 0.15) is 16.4 Å². The predicted octanol–water partition coefficient (Wildman–Crippen LogP) is 4.07. The predicted molar refractivity (Wildman–Crippen MR) is 159 cm³/mol. The van der Waals surface area contributed by atoms with Crippen LogP contribution in [0, 0.1) is 5.92 Å². The number of fused-ring (bicyclic) bond motifs is 2. The van der Waals surface area contributed by atoms with Crippen LogP contribution >= 0.6 is 23.1 Å². The molecule has 1 aromatic heterocycles. The molecule has 2 aliphatic rings. The van der Waals surface area contributed by atoms with Crippen molar-refractivity contribution in [3.05, 3.63) is 92.9 Å². The lowest BCUT2D eigenvalue weighted by atomic mass is 9.83. The highest BCUT2D eigenvalue weighted by molar-refractivity contribution is 8.00. The fourth-order valence-electron chi connectivity index (χ4n) is 5.30. The molecular weight excluding hydrogens is 578 g/mol. The van der Waals surface area contributed by atoms with Crippen molar-refractivity contribution in [2.24, 2.45) is 5.92 Å². The number of thiazole rings is 1. The molecule has 42 heavy (non-hydrogen) atoms. The molecule has 0 bridgehead atoms. The van der Waals surface area contributed by atoms with Gasteiger partial charge in [0.05, 0.1) is 30.9 Å². The summed E-state index contributed by atoms with van der Waals surface area (Å²) in [5.74, 6) is -1.25. The van der Waals surface area contributed by atoms with Crippen LogP contribution in [0.3, 0.4) is 0 Å². The summed E-state index contributed by atoms with van der Waals surface area (Å²) in [4.78, 5) is 55.6. The van der Waals surface area contributed by atoms with Crippen LogP contribution in [0.25, 0.3) is 0 Å². The van der Waals surface area contributed by atoms with E-state index >= 15 is 0 Å². The molecule has 6 rings (SSSR count). The van der Waals surface area contributed by atoms with E-state index in [1.807, 2.05) is 12.1 Å². The molecule has 1 saturated heterocycles. The van der Waals surface area contributed by atoms with Crippen LogP contribution in [0.2, 0.25) is 0 Å². The van der Waals surface area contributed by atoms with Gasteiger partial charge in [0, 0.05) is 16.5 Å². The fourth-order valence-corrected chi connectivity index (χ4v) is 8.07. The number of imide groups is 1. The van der Waals surface area contributed by atoms with Gasteiger partial charge in [0.2, 0.25) is 17.7 Å². The Labute approximate surface area is 248 Å². The van der Waals surface area contributed by atoms with Gasteiger partial charge in [-0.05, 0) is 66.2 Å². The second-order valence-electron chi connectivity index (χ2n) is 9.74. The zero-order chi connectivity index (χ0) is 29.5. The van der Waals surface area contributed by atoms with Crippen LogP contribution in [0.4, 0.5) is 11.4 Å². The zero-order valence-corrected chi connectivity index (χ0v) is 24.1. The molecule has 4 aromatic rings. The second kappa shape index (κ2) is 11.0. The number of anilines is 2. The van der Waals surface area contributed by atoms with Crippen LogP contribution in [0.15, 0.2) is 82.6 Å². The molecule has 10 nitrogen and oxygen atoms in total. The third kappa shape index (κ3) is 4.82. The third-order valence-electron chi connectivity index (χ3n) is 7.31. The zero-order valence-electron chi connectivity index (χ0n) is 22.5. The van der Waals surface area contributed by atoms with Crippen LogP contribution in [-0.2, 0) is 20.9 Å². The van der Waals surface area contributed by atoms with Gasteiger partial charge in [0.25, 0.3) is 0 Å². The lowest BCUT2D eigenvalue weighted by Gasteiger charge is -2.30. The number of hydrogen-bond donors (Lipinski definition) is 2. The summed E-state index contributed by atoms with van der Waals surface area (Å²) >= 11 is 2.13. The Morgan fingerprint density at radius 3 is 2.12 bits per heavy atom. The van der Waals surface area contributed by atoms with Gasteiger partial charge in [-0.25, -0.2) is 4.90 Å². The van der Waals surface area contributed by atoms with Gasteiger partial charge in [-0.3, -0.25) is 23.7 Å². The van der Waals surface area contributed by atoms with E-state index in [0.29, 0.717) is 32.8 Å². The molecule has 3 atom stereocenters. The monoisotopic (exact) mass is 603 g/mol. The lowest BCUT2D eigenvalue weighted by Crippen LogP contribution is -2.33. The van der Waals surface area contributed by atoms with Gasteiger partial charge in [-0.1, -0.05) is 35.2 Å². The van der Waals surface area contributed by atoms with Crippen molar-refractivity contribution in [3.63, 3.8) is 0 Å². The number of amides is 3. The number of hydrogen-bond acceptors (Lipinski definition) is 9. The molecule has 2 aliphatic heterocycles. The van der Waals surface area contributed by atoms with Crippen LogP contribution < -0.4 is 24.6 Å². The Morgan fingerprint density at radius 2 is 1.50 bits per heavy atom. The van der Waals surface area contributed by atoms with E-state index in [1.165, 1.54) is 28.7 Å². The Kier molecular flexibility index (Phi) is 7.25. The van der Waals surface area contributed by atoms with E-state index in [1.54, 1.807) is 55.6 Å². The lowest BCUT2D eigenvalue weighted by molar-refractivity contribution is -0.122. The SMILES string of the molecule is COc1ccc([C@H]2c3sc(=O)n(CC(=O)Nc4ccc(O)cc4)c3SC3C(=O)N(c4ccc(OC)cc4)C(=O)C32)cc1. The van der Waals surface area contributed by atoms with Gasteiger partial charge in [0.1, 0.15) is 29.0 Å². The number of carbonyl (C=O) groups excluding carboxylic acids is 3. The second-order valence-corrected chi connectivity index (χ2v) is 11.9. The van der Waals surface area contributed by atoms with E-state index in [4.69, 9.17) is 9.47 Å². The highest BCUT2D eigenvalue weighted by atomic mass is 32.2. The number of phenols is 1. The highest BCUT2D eigenvalue weighted by Gasteiger charge is 2.56. The van der Waals surface area contributed by atoms with E-state index in [2.05, 4.69) is 5.32 Å². The molecule has 0 aliphatic carbocycles. The van der Waals surface area contributed by atoms with Crippen molar-refractivity contribution in [2.45, 2.75) is 22.7 Å². The summed E-state index contributed by atoms with van der Waals surface area (Å²) in [6.07, 6.45) is 0. The smallest absolute Gasteiger partial charge is 0.308 e. The first kappa shape index (κ1) is 27.6. The standard InChI is InChI=1S/C30H25N3O7S2/c1-39-20-11-3-16(4-12-20)23-24-25(28(37)33(27(24)36)18-7-13-21(40-2)14-8-18)41-29-26(23)42-30(38)32(29)15-22(35)31-17-5-9-19(34)10-6-17/h3-14,23-25,34H,15H2,1-2H3,(H,31,35)/t23-,24?,25?/m1/s1. The van der Waals surface area contributed by atoms with Gasteiger partial charge in [0.15, 0.2) is 0 Å². The number of aromatic hydroxyl groups is 1. The molecule has 2 unspecified atom stereocenters. The summed E-state index contributed by atoms with van der Waals surface area (Å²) < 4.78 is 11.9. The van der Waals surface area contributed by atoms with E-state index in [9.17, 15) is 24.3 Å². The maximum Gasteiger partial charge on any atom is 0.308 e.